The van der Waals surface area contributed by atoms with Gasteiger partial charge in [-0.3, -0.25) is 9.59 Å². The fourth-order valence-electron chi connectivity index (χ4n) is 2.53. The van der Waals surface area contributed by atoms with Gasteiger partial charge in [0.2, 0.25) is 5.91 Å². The Kier molecular flexibility index (Phi) is 5.12. The number of H-pyrrole nitrogens is 1. The summed E-state index contributed by atoms with van der Waals surface area (Å²) in [7, 11) is 0. The number of carbonyl (C=O) groups is 2. The highest BCUT2D eigenvalue weighted by atomic mass is 16.2. The van der Waals surface area contributed by atoms with Gasteiger partial charge in [-0.25, -0.2) is 4.79 Å². The molecule has 1 heterocycles. The zero-order chi connectivity index (χ0) is 19.4. The molecule has 3 N–H and O–H groups in total. The van der Waals surface area contributed by atoms with Gasteiger partial charge in [0.1, 0.15) is 5.69 Å². The number of amides is 2. The Morgan fingerprint density at radius 2 is 1.63 bits per heavy atom. The first-order valence-electron chi connectivity index (χ1n) is 8.28. The summed E-state index contributed by atoms with van der Waals surface area (Å²) in [5, 5.41) is 5.34. The molecule has 136 valence electrons. The van der Waals surface area contributed by atoms with Crippen LogP contribution in [0.3, 0.4) is 0 Å². The molecule has 0 aliphatic carbocycles. The molecule has 3 aromatic rings. The van der Waals surface area contributed by atoms with E-state index in [1.54, 1.807) is 24.3 Å². The third-order valence-corrected chi connectivity index (χ3v) is 3.78. The quantitative estimate of drug-likeness (QED) is 0.664. The van der Waals surface area contributed by atoms with Gasteiger partial charge in [-0.15, -0.1) is 0 Å². The molecule has 2 amide bonds. The molecule has 0 unspecified atom stereocenters. The number of aromatic nitrogens is 2. The predicted octanol–water partition coefficient (Wildman–Crippen LogP) is 2.96. The Morgan fingerprint density at radius 3 is 2.30 bits per heavy atom. The second kappa shape index (κ2) is 7.65. The van der Waals surface area contributed by atoms with Crippen molar-refractivity contribution in [3.8, 4) is 11.3 Å². The summed E-state index contributed by atoms with van der Waals surface area (Å²) >= 11 is 0. The standard InChI is InChI=1S/C20H18N4O3/c1-12-6-8-14(9-7-12)17-11-18(24-20(27)23-17)19(26)22-16-5-3-4-15(10-16)21-13(2)25/h3-11H,1-2H3,(H,21,25)(H,22,26)(H,23,24,27). The van der Waals surface area contributed by atoms with E-state index in [0.29, 0.717) is 17.1 Å². The highest BCUT2D eigenvalue weighted by Gasteiger charge is 2.11. The normalized spacial score (nSPS) is 10.3. The summed E-state index contributed by atoms with van der Waals surface area (Å²) in [6.07, 6.45) is 0. The monoisotopic (exact) mass is 362 g/mol. The molecule has 0 atom stereocenters. The molecule has 0 fully saturated rings. The molecule has 0 aliphatic rings. The highest BCUT2D eigenvalue weighted by Crippen LogP contribution is 2.18. The number of hydrogen-bond acceptors (Lipinski definition) is 4. The minimum Gasteiger partial charge on any atom is -0.326 e. The zero-order valence-electron chi connectivity index (χ0n) is 14.9. The number of rotatable bonds is 4. The second-order valence-corrected chi connectivity index (χ2v) is 6.07. The van der Waals surface area contributed by atoms with Crippen molar-refractivity contribution in [3.05, 3.63) is 76.3 Å². The van der Waals surface area contributed by atoms with Crippen molar-refractivity contribution < 1.29 is 9.59 Å². The maximum absolute atomic E-state index is 12.5. The molecule has 3 rings (SSSR count). The van der Waals surface area contributed by atoms with Gasteiger partial charge >= 0.3 is 5.69 Å². The van der Waals surface area contributed by atoms with Crippen molar-refractivity contribution in [3.63, 3.8) is 0 Å². The molecule has 0 saturated carbocycles. The van der Waals surface area contributed by atoms with E-state index < -0.39 is 11.6 Å². The van der Waals surface area contributed by atoms with Crippen LogP contribution in [0.1, 0.15) is 23.0 Å². The SMILES string of the molecule is CC(=O)Nc1cccc(NC(=O)c2cc(-c3ccc(C)cc3)nc(=O)[nH]2)c1. The summed E-state index contributed by atoms with van der Waals surface area (Å²) < 4.78 is 0. The van der Waals surface area contributed by atoms with Gasteiger partial charge in [-0.1, -0.05) is 35.9 Å². The molecule has 0 saturated heterocycles. The fourth-order valence-corrected chi connectivity index (χ4v) is 2.53. The molecular formula is C20H18N4O3. The lowest BCUT2D eigenvalue weighted by molar-refractivity contribution is -0.114. The van der Waals surface area contributed by atoms with E-state index >= 15 is 0 Å². The number of benzene rings is 2. The van der Waals surface area contributed by atoms with E-state index in [1.807, 2.05) is 31.2 Å². The van der Waals surface area contributed by atoms with E-state index in [1.165, 1.54) is 13.0 Å². The first-order chi connectivity index (χ1) is 12.9. The molecule has 27 heavy (non-hydrogen) atoms. The van der Waals surface area contributed by atoms with Crippen molar-refractivity contribution in [2.24, 2.45) is 0 Å². The van der Waals surface area contributed by atoms with Crippen molar-refractivity contribution in [2.75, 3.05) is 10.6 Å². The Hall–Kier alpha value is -3.74. The number of nitrogens with zero attached hydrogens (tertiary/aromatic N) is 1. The highest BCUT2D eigenvalue weighted by molar-refractivity contribution is 6.03. The summed E-state index contributed by atoms with van der Waals surface area (Å²) in [5.41, 5.74) is 2.77. The van der Waals surface area contributed by atoms with Crippen LogP contribution in [0.5, 0.6) is 0 Å². The van der Waals surface area contributed by atoms with Crippen LogP contribution in [-0.2, 0) is 4.79 Å². The maximum atomic E-state index is 12.5. The molecule has 7 heteroatoms. The Bertz CT molecular complexity index is 1060. The number of carbonyl (C=O) groups excluding carboxylic acids is 2. The van der Waals surface area contributed by atoms with Crippen LogP contribution in [0.25, 0.3) is 11.3 Å². The fraction of sp³-hybridized carbons (Fsp3) is 0.100. The van der Waals surface area contributed by atoms with Gasteiger partial charge in [0.15, 0.2) is 0 Å². The van der Waals surface area contributed by atoms with Gasteiger partial charge < -0.3 is 15.6 Å². The van der Waals surface area contributed by atoms with Crippen LogP contribution in [0.15, 0.2) is 59.4 Å². The number of aryl methyl sites for hydroxylation is 1. The van der Waals surface area contributed by atoms with Crippen molar-refractivity contribution in [1.29, 1.82) is 0 Å². The van der Waals surface area contributed by atoms with Gasteiger partial charge in [0.05, 0.1) is 5.69 Å². The Labute approximate surface area is 155 Å². The number of nitrogens with one attached hydrogen (secondary N) is 3. The minimum absolute atomic E-state index is 0.0931. The van der Waals surface area contributed by atoms with Gasteiger partial charge in [0.25, 0.3) is 5.91 Å². The summed E-state index contributed by atoms with van der Waals surface area (Å²) in [4.78, 5) is 42.0. The van der Waals surface area contributed by atoms with Gasteiger partial charge in [-0.2, -0.15) is 4.98 Å². The van der Waals surface area contributed by atoms with E-state index in [-0.39, 0.29) is 11.6 Å². The Morgan fingerprint density at radius 1 is 0.963 bits per heavy atom. The van der Waals surface area contributed by atoms with Gasteiger partial charge in [-0.05, 0) is 31.2 Å². The lowest BCUT2D eigenvalue weighted by atomic mass is 10.1. The van der Waals surface area contributed by atoms with E-state index in [9.17, 15) is 14.4 Å². The molecule has 7 nitrogen and oxygen atoms in total. The lowest BCUT2D eigenvalue weighted by Crippen LogP contribution is -2.21. The third-order valence-electron chi connectivity index (χ3n) is 3.78. The minimum atomic E-state index is -0.606. The van der Waals surface area contributed by atoms with E-state index in [2.05, 4.69) is 20.6 Å². The van der Waals surface area contributed by atoms with Crippen LogP contribution in [0, 0.1) is 6.92 Å². The summed E-state index contributed by atoms with van der Waals surface area (Å²) in [6.45, 7) is 3.36. The van der Waals surface area contributed by atoms with Crippen LogP contribution in [0.4, 0.5) is 11.4 Å². The molecule has 0 bridgehead atoms. The maximum Gasteiger partial charge on any atom is 0.346 e. The number of aromatic amines is 1. The number of anilines is 2. The largest absolute Gasteiger partial charge is 0.346 e. The topological polar surface area (TPSA) is 104 Å². The first-order valence-corrected chi connectivity index (χ1v) is 8.28. The van der Waals surface area contributed by atoms with E-state index in [0.717, 1.165) is 11.1 Å². The zero-order valence-corrected chi connectivity index (χ0v) is 14.9. The van der Waals surface area contributed by atoms with Gasteiger partial charge in [0, 0.05) is 23.9 Å². The smallest absolute Gasteiger partial charge is 0.326 e. The predicted molar refractivity (Wildman–Crippen MR) is 104 cm³/mol. The first kappa shape index (κ1) is 18.1. The average Bonchev–Trinajstić information content (AvgIpc) is 2.61. The van der Waals surface area contributed by atoms with Crippen LogP contribution in [0.2, 0.25) is 0 Å². The van der Waals surface area contributed by atoms with Crippen molar-refractivity contribution >= 4 is 23.2 Å². The summed E-state index contributed by atoms with van der Waals surface area (Å²) in [6, 6.07) is 15.7. The molecular weight excluding hydrogens is 344 g/mol. The molecule has 0 spiro atoms. The van der Waals surface area contributed by atoms with Crippen LogP contribution >= 0.6 is 0 Å². The van der Waals surface area contributed by atoms with Crippen molar-refractivity contribution in [1.82, 2.24) is 9.97 Å². The van der Waals surface area contributed by atoms with Crippen molar-refractivity contribution in [2.45, 2.75) is 13.8 Å². The second-order valence-electron chi connectivity index (χ2n) is 6.07. The Balaban J connectivity index is 1.86. The summed E-state index contributed by atoms with van der Waals surface area (Å²) in [5.74, 6) is -0.692. The molecule has 1 aromatic heterocycles. The van der Waals surface area contributed by atoms with Crippen LogP contribution < -0.4 is 16.3 Å². The average molecular weight is 362 g/mol. The molecule has 0 aliphatic heterocycles. The lowest BCUT2D eigenvalue weighted by Gasteiger charge is -2.09. The number of hydrogen-bond donors (Lipinski definition) is 3. The molecule has 0 radical (unpaired) electrons. The van der Waals surface area contributed by atoms with Crippen LogP contribution in [-0.4, -0.2) is 21.8 Å². The van der Waals surface area contributed by atoms with E-state index in [4.69, 9.17) is 0 Å². The third kappa shape index (κ3) is 4.66. The molecule has 2 aromatic carbocycles.